The number of aryl methyl sites for hydroxylation is 2. The van der Waals surface area contributed by atoms with Crippen LogP contribution in [0.5, 0.6) is 0 Å². The molecule has 2 N–H and O–H groups in total. The Morgan fingerprint density at radius 1 is 1.03 bits per heavy atom. The molecule has 7 nitrogen and oxygen atoms in total. The molecule has 0 saturated carbocycles. The highest BCUT2D eigenvalue weighted by Gasteiger charge is 2.18. The number of hydrogen-bond acceptors (Lipinski definition) is 4. The van der Waals surface area contributed by atoms with Crippen molar-refractivity contribution in [2.24, 2.45) is 7.05 Å². The summed E-state index contributed by atoms with van der Waals surface area (Å²) in [5.41, 5.74) is 1.92. The van der Waals surface area contributed by atoms with Gasteiger partial charge in [-0.2, -0.15) is 0 Å². The molecular weight excluding hydrogens is 380 g/mol. The van der Waals surface area contributed by atoms with Crippen molar-refractivity contribution in [2.45, 2.75) is 25.8 Å². The maximum absolute atomic E-state index is 12.6. The first-order chi connectivity index (χ1) is 14.4. The number of ketones is 1. The first kappa shape index (κ1) is 21.0. The van der Waals surface area contributed by atoms with Crippen LogP contribution in [0.25, 0.3) is 0 Å². The van der Waals surface area contributed by atoms with Gasteiger partial charge in [0, 0.05) is 36.7 Å². The molecule has 1 heterocycles. The summed E-state index contributed by atoms with van der Waals surface area (Å²) in [7, 11) is 1.73. The summed E-state index contributed by atoms with van der Waals surface area (Å²) < 4.78 is 1.62. The Bertz CT molecular complexity index is 1040. The highest BCUT2D eigenvalue weighted by molar-refractivity contribution is 6.39. The van der Waals surface area contributed by atoms with Gasteiger partial charge in [0.25, 0.3) is 0 Å². The highest BCUT2D eigenvalue weighted by Crippen LogP contribution is 2.14. The van der Waals surface area contributed by atoms with Gasteiger partial charge in [-0.1, -0.05) is 42.5 Å². The van der Waals surface area contributed by atoms with E-state index >= 15 is 0 Å². The summed E-state index contributed by atoms with van der Waals surface area (Å²) in [5.74, 6) is -1.46. The number of hydrogen-bond donors (Lipinski definition) is 2. The van der Waals surface area contributed by atoms with Crippen molar-refractivity contribution in [1.29, 1.82) is 0 Å². The Balaban J connectivity index is 1.55. The van der Waals surface area contributed by atoms with Gasteiger partial charge in [0.2, 0.25) is 5.78 Å². The third kappa shape index (κ3) is 5.41. The van der Waals surface area contributed by atoms with E-state index < -0.39 is 11.8 Å². The smallest absolute Gasteiger partial charge is 0.313 e. The van der Waals surface area contributed by atoms with Crippen LogP contribution >= 0.6 is 0 Å². The zero-order chi connectivity index (χ0) is 21.5. The van der Waals surface area contributed by atoms with E-state index in [1.807, 2.05) is 37.3 Å². The molecule has 154 valence electrons. The van der Waals surface area contributed by atoms with Crippen molar-refractivity contribution in [3.05, 3.63) is 83.9 Å². The van der Waals surface area contributed by atoms with Crippen molar-refractivity contribution in [3.63, 3.8) is 0 Å². The summed E-state index contributed by atoms with van der Waals surface area (Å²) >= 11 is 0. The molecule has 30 heavy (non-hydrogen) atoms. The van der Waals surface area contributed by atoms with Gasteiger partial charge in [-0.25, -0.2) is 4.98 Å². The molecule has 3 aromatic rings. The number of nitrogens with one attached hydrogen (secondary N) is 2. The summed E-state index contributed by atoms with van der Waals surface area (Å²) in [5, 5.41) is 5.25. The monoisotopic (exact) mass is 404 g/mol. The molecule has 0 radical (unpaired) electrons. The molecule has 2 aromatic carbocycles. The summed E-state index contributed by atoms with van der Waals surface area (Å²) in [6.07, 6.45) is 4.75. The number of rotatable bonds is 7. The fourth-order valence-electron chi connectivity index (χ4n) is 3.03. The van der Waals surface area contributed by atoms with Crippen molar-refractivity contribution < 1.29 is 14.4 Å². The van der Waals surface area contributed by atoms with Crippen LogP contribution in [0.3, 0.4) is 0 Å². The minimum Gasteiger partial charge on any atom is -0.345 e. The van der Waals surface area contributed by atoms with Gasteiger partial charge in [-0.15, -0.1) is 0 Å². The third-order valence-corrected chi connectivity index (χ3v) is 4.70. The fraction of sp³-hybridized carbons (Fsp3) is 0.217. The van der Waals surface area contributed by atoms with Gasteiger partial charge < -0.3 is 15.2 Å². The Labute approximate surface area is 175 Å². The van der Waals surface area contributed by atoms with E-state index in [0.29, 0.717) is 17.1 Å². The molecule has 0 aliphatic carbocycles. The standard InChI is InChI=1S/C23H24N4O3/c1-16(11-12-17-7-4-3-5-8-17)25-22(29)23(30)26-19-10-6-9-18(15-19)20(28)21-24-13-14-27(21)2/h3-10,13-16H,11-12H2,1-2H3,(H,25,29)(H,26,30)/t16-/m1/s1. The number of benzene rings is 2. The molecule has 0 unspecified atom stereocenters. The molecule has 1 aromatic heterocycles. The lowest BCUT2D eigenvalue weighted by Crippen LogP contribution is -2.40. The van der Waals surface area contributed by atoms with E-state index in [1.54, 1.807) is 42.2 Å². The van der Waals surface area contributed by atoms with Crippen LogP contribution in [0.15, 0.2) is 67.0 Å². The van der Waals surface area contributed by atoms with E-state index in [4.69, 9.17) is 0 Å². The molecule has 7 heteroatoms. The Morgan fingerprint density at radius 3 is 2.50 bits per heavy atom. The maximum atomic E-state index is 12.6. The van der Waals surface area contributed by atoms with Crippen molar-refractivity contribution in [3.8, 4) is 0 Å². The average Bonchev–Trinajstić information content (AvgIpc) is 3.18. The molecule has 2 amide bonds. The largest absolute Gasteiger partial charge is 0.345 e. The second-order valence-electron chi connectivity index (χ2n) is 7.12. The van der Waals surface area contributed by atoms with Gasteiger partial charge in [0.15, 0.2) is 5.82 Å². The van der Waals surface area contributed by atoms with Crippen LogP contribution in [0.1, 0.15) is 35.1 Å². The Kier molecular flexibility index (Phi) is 6.75. The summed E-state index contributed by atoms with van der Waals surface area (Å²) in [4.78, 5) is 41.1. The predicted molar refractivity (Wildman–Crippen MR) is 114 cm³/mol. The van der Waals surface area contributed by atoms with Crippen molar-refractivity contribution >= 4 is 23.3 Å². The van der Waals surface area contributed by atoms with E-state index in [-0.39, 0.29) is 11.8 Å². The Hall–Kier alpha value is -3.74. The second kappa shape index (κ2) is 9.65. The molecule has 0 aliphatic rings. The minimum atomic E-state index is -0.775. The number of carbonyl (C=O) groups excluding carboxylic acids is 3. The van der Waals surface area contributed by atoms with Crippen molar-refractivity contribution in [2.75, 3.05) is 5.32 Å². The van der Waals surface area contributed by atoms with E-state index in [1.165, 1.54) is 11.6 Å². The summed E-state index contributed by atoms with van der Waals surface area (Å²) in [6, 6.07) is 16.2. The number of aromatic nitrogens is 2. The molecule has 0 fully saturated rings. The lowest BCUT2D eigenvalue weighted by Gasteiger charge is -2.14. The van der Waals surface area contributed by atoms with Crippen LogP contribution < -0.4 is 10.6 Å². The van der Waals surface area contributed by atoms with Gasteiger partial charge in [-0.3, -0.25) is 14.4 Å². The highest BCUT2D eigenvalue weighted by atomic mass is 16.2. The zero-order valence-corrected chi connectivity index (χ0v) is 17.0. The lowest BCUT2D eigenvalue weighted by atomic mass is 10.1. The van der Waals surface area contributed by atoms with E-state index in [2.05, 4.69) is 15.6 Å². The normalized spacial score (nSPS) is 11.5. The van der Waals surface area contributed by atoms with Crippen LogP contribution in [-0.4, -0.2) is 33.2 Å². The molecule has 1 atom stereocenters. The van der Waals surface area contributed by atoms with Gasteiger partial charge in [0.1, 0.15) is 0 Å². The van der Waals surface area contributed by atoms with Gasteiger partial charge in [-0.05, 0) is 37.5 Å². The fourth-order valence-corrected chi connectivity index (χ4v) is 3.03. The zero-order valence-electron chi connectivity index (χ0n) is 17.0. The van der Waals surface area contributed by atoms with Crippen LogP contribution in [0, 0.1) is 0 Å². The molecule has 0 aliphatic heterocycles. The van der Waals surface area contributed by atoms with Crippen LogP contribution in [0.4, 0.5) is 5.69 Å². The number of anilines is 1. The van der Waals surface area contributed by atoms with E-state index in [9.17, 15) is 14.4 Å². The topological polar surface area (TPSA) is 93.1 Å². The maximum Gasteiger partial charge on any atom is 0.313 e. The number of amides is 2. The van der Waals surface area contributed by atoms with Crippen LogP contribution in [-0.2, 0) is 23.1 Å². The average molecular weight is 404 g/mol. The SMILES string of the molecule is C[C@H](CCc1ccccc1)NC(=O)C(=O)Nc1cccc(C(=O)c2nccn2C)c1. The first-order valence-corrected chi connectivity index (χ1v) is 9.72. The molecular formula is C23H24N4O3. The van der Waals surface area contributed by atoms with Gasteiger partial charge >= 0.3 is 11.8 Å². The molecule has 0 spiro atoms. The third-order valence-electron chi connectivity index (χ3n) is 4.70. The number of carbonyl (C=O) groups is 3. The predicted octanol–water partition coefficient (Wildman–Crippen LogP) is 2.73. The number of imidazole rings is 1. The molecule has 3 rings (SSSR count). The number of nitrogens with zero attached hydrogens (tertiary/aromatic N) is 2. The minimum absolute atomic E-state index is 0.153. The van der Waals surface area contributed by atoms with Crippen LogP contribution in [0.2, 0.25) is 0 Å². The van der Waals surface area contributed by atoms with Gasteiger partial charge in [0.05, 0.1) is 0 Å². The van der Waals surface area contributed by atoms with Crippen molar-refractivity contribution in [1.82, 2.24) is 14.9 Å². The first-order valence-electron chi connectivity index (χ1n) is 9.72. The molecule has 0 bridgehead atoms. The lowest BCUT2D eigenvalue weighted by molar-refractivity contribution is -0.136. The molecule has 0 saturated heterocycles. The Morgan fingerprint density at radius 2 is 1.80 bits per heavy atom. The summed E-state index contributed by atoms with van der Waals surface area (Å²) in [6.45, 7) is 1.86. The second-order valence-corrected chi connectivity index (χ2v) is 7.12. The van der Waals surface area contributed by atoms with E-state index in [0.717, 1.165) is 12.8 Å². The quantitative estimate of drug-likeness (QED) is 0.468.